The topological polar surface area (TPSA) is 47.0 Å². The number of nitrogens with one attached hydrogen (secondary N) is 1. The summed E-state index contributed by atoms with van der Waals surface area (Å²) in [5, 5.41) is 3.34. The van der Waals surface area contributed by atoms with Crippen molar-refractivity contribution >= 4 is 5.82 Å². The lowest BCUT2D eigenvalue weighted by Crippen LogP contribution is -2.07. The molecule has 1 N–H and O–H groups in total. The lowest BCUT2D eigenvalue weighted by atomic mass is 10.2. The minimum atomic E-state index is 0.556. The van der Waals surface area contributed by atoms with Crippen LogP contribution in [-0.2, 0) is 0 Å². The number of hydrogen-bond acceptors (Lipinski definition) is 4. The molecule has 0 radical (unpaired) electrons. The fourth-order valence-electron chi connectivity index (χ4n) is 2.09. The third-order valence-corrected chi connectivity index (χ3v) is 3.47. The van der Waals surface area contributed by atoms with E-state index in [-0.39, 0.29) is 0 Å². The molecule has 1 aromatic heterocycles. The Morgan fingerprint density at radius 1 is 1.15 bits per heavy atom. The van der Waals surface area contributed by atoms with E-state index in [1.54, 1.807) is 0 Å². The van der Waals surface area contributed by atoms with Gasteiger partial charge in [-0.25, -0.2) is 4.98 Å². The Morgan fingerprint density at radius 3 is 2.70 bits per heavy atom. The molecular formula is C16H27N3O. The molecule has 0 saturated heterocycles. The van der Waals surface area contributed by atoms with Crippen LogP contribution in [0.25, 0.3) is 0 Å². The van der Waals surface area contributed by atoms with Gasteiger partial charge < -0.3 is 10.1 Å². The summed E-state index contributed by atoms with van der Waals surface area (Å²) in [5.74, 6) is 3.15. The normalized spacial score (nSPS) is 14.3. The quantitative estimate of drug-likeness (QED) is 0.653. The number of rotatable bonds is 10. The largest absolute Gasteiger partial charge is 0.478 e. The van der Waals surface area contributed by atoms with Crippen molar-refractivity contribution in [1.29, 1.82) is 0 Å². The summed E-state index contributed by atoms with van der Waals surface area (Å²) in [5.41, 5.74) is 0. The van der Waals surface area contributed by atoms with Gasteiger partial charge in [-0.05, 0) is 25.7 Å². The van der Waals surface area contributed by atoms with Crippen molar-refractivity contribution < 1.29 is 4.74 Å². The van der Waals surface area contributed by atoms with Crippen LogP contribution < -0.4 is 10.1 Å². The van der Waals surface area contributed by atoms with Crippen LogP contribution in [0, 0.1) is 0 Å². The van der Waals surface area contributed by atoms with Crippen molar-refractivity contribution in [3.05, 3.63) is 11.9 Å². The Bertz CT molecular complexity index is 405. The molecule has 1 aliphatic rings. The average molecular weight is 277 g/mol. The highest BCUT2D eigenvalue weighted by Gasteiger charge is 2.27. The SMILES string of the molecule is CCCCCCOc1cc(NCCC)nc(C2CC2)n1. The fourth-order valence-corrected chi connectivity index (χ4v) is 2.09. The van der Waals surface area contributed by atoms with Gasteiger partial charge in [0.25, 0.3) is 0 Å². The molecule has 0 unspecified atom stereocenters. The first kappa shape index (κ1) is 15.1. The zero-order chi connectivity index (χ0) is 14.2. The number of aromatic nitrogens is 2. The van der Waals surface area contributed by atoms with E-state index < -0.39 is 0 Å². The molecule has 1 fully saturated rings. The maximum atomic E-state index is 5.80. The molecule has 1 heterocycles. The number of anilines is 1. The minimum absolute atomic E-state index is 0.556. The summed E-state index contributed by atoms with van der Waals surface area (Å²) >= 11 is 0. The van der Waals surface area contributed by atoms with Crippen LogP contribution in [0.2, 0.25) is 0 Å². The molecule has 0 bridgehead atoms. The lowest BCUT2D eigenvalue weighted by molar-refractivity contribution is 0.292. The number of nitrogens with zero attached hydrogens (tertiary/aromatic N) is 2. The zero-order valence-corrected chi connectivity index (χ0v) is 12.8. The van der Waals surface area contributed by atoms with E-state index in [9.17, 15) is 0 Å². The molecule has 20 heavy (non-hydrogen) atoms. The van der Waals surface area contributed by atoms with Crippen molar-refractivity contribution in [3.63, 3.8) is 0 Å². The fraction of sp³-hybridized carbons (Fsp3) is 0.750. The molecule has 4 nitrogen and oxygen atoms in total. The van der Waals surface area contributed by atoms with Crippen LogP contribution in [0.4, 0.5) is 5.82 Å². The summed E-state index contributed by atoms with van der Waals surface area (Å²) in [7, 11) is 0. The van der Waals surface area contributed by atoms with Crippen molar-refractivity contribution in [1.82, 2.24) is 9.97 Å². The molecule has 1 aliphatic carbocycles. The summed E-state index contributed by atoms with van der Waals surface area (Å²) < 4.78 is 5.80. The highest BCUT2D eigenvalue weighted by Crippen LogP contribution is 2.39. The van der Waals surface area contributed by atoms with E-state index in [2.05, 4.69) is 29.1 Å². The monoisotopic (exact) mass is 277 g/mol. The second-order valence-electron chi connectivity index (χ2n) is 5.56. The van der Waals surface area contributed by atoms with Gasteiger partial charge in [0, 0.05) is 18.5 Å². The van der Waals surface area contributed by atoms with Crippen LogP contribution in [0.15, 0.2) is 6.07 Å². The van der Waals surface area contributed by atoms with E-state index >= 15 is 0 Å². The van der Waals surface area contributed by atoms with E-state index in [1.165, 1.54) is 32.1 Å². The lowest BCUT2D eigenvalue weighted by Gasteiger charge is -2.10. The summed E-state index contributed by atoms with van der Waals surface area (Å²) in [6.45, 7) is 6.07. The second-order valence-corrected chi connectivity index (χ2v) is 5.56. The number of ether oxygens (including phenoxy) is 1. The van der Waals surface area contributed by atoms with Crippen LogP contribution in [-0.4, -0.2) is 23.1 Å². The van der Waals surface area contributed by atoms with Gasteiger partial charge in [0.15, 0.2) is 0 Å². The van der Waals surface area contributed by atoms with Gasteiger partial charge >= 0.3 is 0 Å². The van der Waals surface area contributed by atoms with Crippen LogP contribution >= 0.6 is 0 Å². The standard InChI is InChI=1S/C16H27N3O/c1-3-5-6-7-11-20-15-12-14(17-10-4-2)18-16(19-15)13-8-9-13/h12-13H,3-11H2,1-2H3,(H,17,18,19). The summed E-state index contributed by atoms with van der Waals surface area (Å²) in [4.78, 5) is 9.14. The maximum absolute atomic E-state index is 5.80. The number of hydrogen-bond donors (Lipinski definition) is 1. The molecule has 1 aromatic rings. The Balaban J connectivity index is 1.90. The van der Waals surface area contributed by atoms with E-state index in [0.717, 1.165) is 43.5 Å². The zero-order valence-electron chi connectivity index (χ0n) is 12.8. The van der Waals surface area contributed by atoms with E-state index in [0.29, 0.717) is 5.92 Å². The van der Waals surface area contributed by atoms with Crippen LogP contribution in [0.3, 0.4) is 0 Å². The second kappa shape index (κ2) is 8.08. The highest BCUT2D eigenvalue weighted by atomic mass is 16.5. The molecule has 0 spiro atoms. The van der Waals surface area contributed by atoms with Gasteiger partial charge in [-0.2, -0.15) is 4.98 Å². The highest BCUT2D eigenvalue weighted by molar-refractivity contribution is 5.39. The van der Waals surface area contributed by atoms with Gasteiger partial charge in [-0.1, -0.05) is 33.1 Å². The first-order chi connectivity index (χ1) is 9.83. The van der Waals surface area contributed by atoms with Gasteiger partial charge in [-0.3, -0.25) is 0 Å². The number of unbranched alkanes of at least 4 members (excludes halogenated alkanes) is 3. The summed E-state index contributed by atoms with van der Waals surface area (Å²) in [6.07, 6.45) is 8.40. The maximum Gasteiger partial charge on any atom is 0.218 e. The predicted molar refractivity (Wildman–Crippen MR) is 82.4 cm³/mol. The van der Waals surface area contributed by atoms with Gasteiger partial charge in [0.05, 0.1) is 6.61 Å². The smallest absolute Gasteiger partial charge is 0.218 e. The third-order valence-electron chi connectivity index (χ3n) is 3.47. The van der Waals surface area contributed by atoms with Crippen molar-refractivity contribution in [2.45, 2.75) is 64.7 Å². The third kappa shape index (κ3) is 4.99. The molecular weight excluding hydrogens is 250 g/mol. The average Bonchev–Trinajstić information content (AvgIpc) is 3.29. The Morgan fingerprint density at radius 2 is 2.00 bits per heavy atom. The first-order valence-corrected chi connectivity index (χ1v) is 8.09. The molecule has 1 saturated carbocycles. The Labute approximate surface area is 122 Å². The van der Waals surface area contributed by atoms with Crippen LogP contribution in [0.1, 0.15) is 70.5 Å². The van der Waals surface area contributed by atoms with Gasteiger partial charge in [0.2, 0.25) is 5.88 Å². The molecule has 0 aromatic carbocycles. The molecule has 0 aliphatic heterocycles. The molecule has 0 atom stereocenters. The first-order valence-electron chi connectivity index (χ1n) is 8.09. The molecule has 0 amide bonds. The van der Waals surface area contributed by atoms with E-state index in [1.807, 2.05) is 6.07 Å². The van der Waals surface area contributed by atoms with Crippen molar-refractivity contribution in [2.24, 2.45) is 0 Å². The molecule has 4 heteroatoms. The predicted octanol–water partition coefficient (Wildman–Crippen LogP) is 4.14. The minimum Gasteiger partial charge on any atom is -0.478 e. The Hall–Kier alpha value is -1.32. The van der Waals surface area contributed by atoms with Gasteiger partial charge in [-0.15, -0.1) is 0 Å². The Kier molecular flexibility index (Phi) is 6.09. The van der Waals surface area contributed by atoms with Gasteiger partial charge in [0.1, 0.15) is 11.6 Å². The van der Waals surface area contributed by atoms with Crippen LogP contribution in [0.5, 0.6) is 5.88 Å². The molecule has 112 valence electrons. The summed E-state index contributed by atoms with van der Waals surface area (Å²) in [6, 6.07) is 1.93. The molecule has 2 rings (SSSR count). The van der Waals surface area contributed by atoms with E-state index in [4.69, 9.17) is 4.74 Å². The van der Waals surface area contributed by atoms with Crippen molar-refractivity contribution in [3.8, 4) is 5.88 Å². The van der Waals surface area contributed by atoms with Crippen molar-refractivity contribution in [2.75, 3.05) is 18.5 Å².